The number of carbonyl (C=O) groups excluding carboxylic acids is 3. The average molecular weight is 503 g/mol. The van der Waals surface area contributed by atoms with E-state index in [1.165, 1.54) is 4.90 Å². The van der Waals surface area contributed by atoms with Crippen LogP contribution in [-0.4, -0.2) is 36.2 Å². The number of amides is 2. The van der Waals surface area contributed by atoms with Gasteiger partial charge < -0.3 is 19.7 Å². The van der Waals surface area contributed by atoms with Gasteiger partial charge in [0.25, 0.3) is 0 Å². The Morgan fingerprint density at radius 2 is 1.41 bits per heavy atom. The fraction of sp³-hybridized carbons (Fsp3) is 0.300. The van der Waals surface area contributed by atoms with E-state index in [-0.39, 0.29) is 25.5 Å². The highest BCUT2D eigenvalue weighted by Gasteiger charge is 2.26. The maximum absolute atomic E-state index is 13.4. The molecule has 1 atom stereocenters. The van der Waals surface area contributed by atoms with Crippen LogP contribution in [0.25, 0.3) is 11.1 Å². The van der Waals surface area contributed by atoms with Crippen molar-refractivity contribution in [3.63, 3.8) is 0 Å². The molecule has 0 radical (unpaired) electrons. The third-order valence-electron chi connectivity index (χ3n) is 5.44. The van der Waals surface area contributed by atoms with Crippen LogP contribution in [0.2, 0.25) is 0 Å². The van der Waals surface area contributed by atoms with Gasteiger partial charge in [0, 0.05) is 12.2 Å². The number of nitrogens with one attached hydrogen (secondary N) is 1. The van der Waals surface area contributed by atoms with E-state index in [1.807, 2.05) is 84.9 Å². The summed E-state index contributed by atoms with van der Waals surface area (Å²) in [6.45, 7) is 7.10. The molecule has 2 amide bonds. The van der Waals surface area contributed by atoms with Gasteiger partial charge in [0.15, 0.2) is 0 Å². The van der Waals surface area contributed by atoms with Crippen molar-refractivity contribution in [2.45, 2.75) is 52.4 Å². The molecule has 7 nitrogen and oxygen atoms in total. The zero-order valence-corrected chi connectivity index (χ0v) is 21.8. The Bertz CT molecular complexity index is 1170. The van der Waals surface area contributed by atoms with Crippen LogP contribution in [0, 0.1) is 0 Å². The van der Waals surface area contributed by atoms with Crippen LogP contribution in [0.3, 0.4) is 0 Å². The van der Waals surface area contributed by atoms with E-state index in [9.17, 15) is 14.4 Å². The van der Waals surface area contributed by atoms with Gasteiger partial charge in [0.2, 0.25) is 5.91 Å². The number of alkyl carbamates (subject to hydrolysis) is 1. The molecular formula is C30H34N2O5. The fourth-order valence-electron chi connectivity index (χ4n) is 3.62. The first-order valence-electron chi connectivity index (χ1n) is 12.3. The van der Waals surface area contributed by atoms with Gasteiger partial charge in [-0.15, -0.1) is 0 Å². The summed E-state index contributed by atoms with van der Waals surface area (Å²) < 4.78 is 10.7. The maximum atomic E-state index is 13.4. The molecule has 0 aliphatic heterocycles. The van der Waals surface area contributed by atoms with E-state index in [2.05, 4.69) is 5.32 Å². The topological polar surface area (TPSA) is 84.9 Å². The van der Waals surface area contributed by atoms with Crippen LogP contribution in [0.15, 0.2) is 84.9 Å². The molecule has 3 aromatic carbocycles. The molecule has 0 saturated heterocycles. The van der Waals surface area contributed by atoms with Crippen molar-refractivity contribution in [2.24, 2.45) is 0 Å². The van der Waals surface area contributed by atoms with Crippen LogP contribution in [0.1, 0.15) is 39.7 Å². The molecule has 0 heterocycles. The van der Waals surface area contributed by atoms with Gasteiger partial charge in [-0.2, -0.15) is 0 Å². The van der Waals surface area contributed by atoms with Gasteiger partial charge >= 0.3 is 12.1 Å². The zero-order valence-electron chi connectivity index (χ0n) is 21.8. The number of rotatable bonds is 9. The normalized spacial score (nSPS) is 11.8. The lowest BCUT2D eigenvalue weighted by Crippen LogP contribution is -2.49. The molecule has 1 N–H and O–H groups in total. The first kappa shape index (κ1) is 27.5. The van der Waals surface area contributed by atoms with Gasteiger partial charge in [-0.1, -0.05) is 72.8 Å². The summed E-state index contributed by atoms with van der Waals surface area (Å²) >= 11 is 0. The van der Waals surface area contributed by atoms with Crippen molar-refractivity contribution in [1.29, 1.82) is 0 Å². The van der Waals surface area contributed by atoms with Gasteiger partial charge in [0.05, 0.1) is 6.42 Å². The summed E-state index contributed by atoms with van der Waals surface area (Å²) in [7, 11) is 0. The van der Waals surface area contributed by atoms with Crippen LogP contribution in [0.4, 0.5) is 10.5 Å². The van der Waals surface area contributed by atoms with Crippen molar-refractivity contribution in [1.82, 2.24) is 5.32 Å². The maximum Gasteiger partial charge on any atom is 0.408 e. The van der Waals surface area contributed by atoms with E-state index in [0.717, 1.165) is 16.7 Å². The van der Waals surface area contributed by atoms with Crippen molar-refractivity contribution in [2.75, 3.05) is 11.4 Å². The molecule has 0 fully saturated rings. The Kier molecular flexibility index (Phi) is 9.44. The number of benzene rings is 3. The molecule has 0 bridgehead atoms. The van der Waals surface area contributed by atoms with Gasteiger partial charge in [-0.3, -0.25) is 9.59 Å². The fourth-order valence-corrected chi connectivity index (χ4v) is 3.62. The summed E-state index contributed by atoms with van der Waals surface area (Å²) in [4.78, 5) is 39.6. The SMILES string of the molecule is C[C@H](NC(=O)OC(C)(C)C)C(=O)N(CCC(=O)OCc1ccccc1)c1ccc(-c2ccccc2)cc1. The number of carbonyl (C=O) groups is 3. The molecule has 3 rings (SSSR count). The van der Waals surface area contributed by atoms with E-state index in [4.69, 9.17) is 9.47 Å². The lowest BCUT2D eigenvalue weighted by Gasteiger charge is -2.27. The summed E-state index contributed by atoms with van der Waals surface area (Å²) in [5, 5.41) is 2.59. The second-order valence-corrected chi connectivity index (χ2v) is 9.67. The molecule has 0 aliphatic rings. The first-order valence-corrected chi connectivity index (χ1v) is 12.3. The number of hydrogen-bond donors (Lipinski definition) is 1. The van der Waals surface area contributed by atoms with E-state index >= 15 is 0 Å². The van der Waals surface area contributed by atoms with Crippen LogP contribution >= 0.6 is 0 Å². The van der Waals surface area contributed by atoms with Gasteiger partial charge in [-0.25, -0.2) is 4.79 Å². The minimum absolute atomic E-state index is 0.00182. The molecule has 0 aromatic heterocycles. The van der Waals surface area contributed by atoms with Crippen LogP contribution in [-0.2, 0) is 25.7 Å². The largest absolute Gasteiger partial charge is 0.461 e. The first-order chi connectivity index (χ1) is 17.6. The lowest BCUT2D eigenvalue weighted by molar-refractivity contribution is -0.144. The zero-order chi connectivity index (χ0) is 26.8. The molecule has 0 saturated carbocycles. The Morgan fingerprint density at radius 3 is 2.00 bits per heavy atom. The number of hydrogen-bond acceptors (Lipinski definition) is 5. The number of anilines is 1. The lowest BCUT2D eigenvalue weighted by atomic mass is 10.1. The molecular weight excluding hydrogens is 468 g/mol. The molecule has 194 valence electrons. The predicted octanol–water partition coefficient (Wildman–Crippen LogP) is 5.73. The third-order valence-corrected chi connectivity index (χ3v) is 5.44. The minimum atomic E-state index is -0.871. The monoisotopic (exact) mass is 502 g/mol. The van der Waals surface area contributed by atoms with E-state index in [1.54, 1.807) is 27.7 Å². The van der Waals surface area contributed by atoms with Gasteiger partial charge in [0.1, 0.15) is 18.2 Å². The number of nitrogens with zero attached hydrogens (tertiary/aromatic N) is 1. The Balaban J connectivity index is 1.72. The molecule has 0 spiro atoms. The second kappa shape index (κ2) is 12.7. The second-order valence-electron chi connectivity index (χ2n) is 9.67. The highest BCUT2D eigenvalue weighted by Crippen LogP contribution is 2.24. The standard InChI is InChI=1S/C30H34N2O5/c1-22(31-29(35)37-30(2,3)4)28(34)32(20-19-27(33)36-21-23-11-7-5-8-12-23)26-17-15-25(16-18-26)24-13-9-6-10-14-24/h5-18,22H,19-21H2,1-4H3,(H,31,35)/t22-/m0/s1. The quantitative estimate of drug-likeness (QED) is 0.378. The van der Waals surface area contributed by atoms with Crippen LogP contribution in [0.5, 0.6) is 0 Å². The van der Waals surface area contributed by atoms with Crippen molar-refractivity contribution < 1.29 is 23.9 Å². The van der Waals surface area contributed by atoms with E-state index in [0.29, 0.717) is 5.69 Å². The summed E-state index contributed by atoms with van der Waals surface area (Å²) in [5.74, 6) is -0.788. The van der Waals surface area contributed by atoms with Crippen molar-refractivity contribution >= 4 is 23.7 Å². The molecule has 7 heteroatoms. The van der Waals surface area contributed by atoms with Crippen molar-refractivity contribution in [3.05, 3.63) is 90.5 Å². The average Bonchev–Trinajstić information content (AvgIpc) is 2.87. The van der Waals surface area contributed by atoms with Gasteiger partial charge in [-0.05, 0) is 56.5 Å². The number of esters is 1. The molecule has 0 aliphatic carbocycles. The highest BCUT2D eigenvalue weighted by molar-refractivity contribution is 5.99. The third kappa shape index (κ3) is 8.79. The molecule has 0 unspecified atom stereocenters. The summed E-state index contributed by atoms with van der Waals surface area (Å²) in [6, 6.07) is 25.9. The molecule has 3 aromatic rings. The Morgan fingerprint density at radius 1 is 0.838 bits per heavy atom. The minimum Gasteiger partial charge on any atom is -0.461 e. The number of ether oxygens (including phenoxy) is 2. The highest BCUT2D eigenvalue weighted by atomic mass is 16.6. The van der Waals surface area contributed by atoms with Crippen LogP contribution < -0.4 is 10.2 Å². The summed E-state index contributed by atoms with van der Waals surface area (Å²) in [5.41, 5.74) is 2.85. The molecule has 37 heavy (non-hydrogen) atoms. The van der Waals surface area contributed by atoms with E-state index < -0.39 is 23.7 Å². The Hall–Kier alpha value is -4.13. The van der Waals surface area contributed by atoms with Crippen molar-refractivity contribution in [3.8, 4) is 11.1 Å². The smallest absolute Gasteiger partial charge is 0.408 e. The Labute approximate surface area is 218 Å². The summed E-state index contributed by atoms with van der Waals surface area (Å²) in [6.07, 6.45) is -0.687. The predicted molar refractivity (Wildman–Crippen MR) is 144 cm³/mol.